The topological polar surface area (TPSA) is 132 Å². The number of nitrogens with zero attached hydrogens (tertiary/aromatic N) is 2. The first-order chi connectivity index (χ1) is 9.68. The average molecular weight is 319 g/mol. The molecule has 1 aromatic rings. The molecule has 0 aliphatic rings. The first-order valence-corrected chi connectivity index (χ1v) is 7.11. The summed E-state index contributed by atoms with van der Waals surface area (Å²) in [5.74, 6) is -1.67. The van der Waals surface area contributed by atoms with Gasteiger partial charge >= 0.3 is 5.69 Å². The molecule has 1 rings (SSSR count). The van der Waals surface area contributed by atoms with Gasteiger partial charge in [-0.05, 0) is 0 Å². The van der Waals surface area contributed by atoms with Gasteiger partial charge in [-0.3, -0.25) is 20.2 Å². The van der Waals surface area contributed by atoms with Gasteiger partial charge in [0.25, 0.3) is 5.69 Å². The zero-order valence-electron chi connectivity index (χ0n) is 10.5. The molecular formula is C10H10FN3O6S. The summed E-state index contributed by atoms with van der Waals surface area (Å²) >= 11 is 0. The van der Waals surface area contributed by atoms with E-state index in [9.17, 15) is 33.0 Å². The highest BCUT2D eigenvalue weighted by Crippen LogP contribution is 2.31. The molecule has 0 atom stereocenters. The number of rotatable bonds is 7. The molecule has 0 saturated carbocycles. The van der Waals surface area contributed by atoms with E-state index in [1.54, 1.807) is 0 Å². The zero-order chi connectivity index (χ0) is 16.2. The molecular weight excluding hydrogens is 309 g/mol. The van der Waals surface area contributed by atoms with E-state index in [0.717, 1.165) is 5.41 Å². The molecule has 0 bridgehead atoms. The van der Waals surface area contributed by atoms with E-state index in [-0.39, 0.29) is 12.2 Å². The van der Waals surface area contributed by atoms with Crippen LogP contribution in [0.3, 0.4) is 0 Å². The number of halogens is 1. The minimum Gasteiger partial charge on any atom is -0.378 e. The third-order valence-electron chi connectivity index (χ3n) is 2.41. The molecule has 9 nitrogen and oxygen atoms in total. The van der Waals surface area contributed by atoms with Crippen LogP contribution in [0.1, 0.15) is 0 Å². The maximum Gasteiger partial charge on any atom is 0.311 e. The van der Waals surface area contributed by atoms with Crippen LogP contribution in [-0.4, -0.2) is 30.6 Å². The smallest absolute Gasteiger partial charge is 0.311 e. The number of nitro groups is 2. The van der Waals surface area contributed by atoms with E-state index in [1.165, 1.54) is 0 Å². The Bertz CT molecular complexity index is 703. The monoisotopic (exact) mass is 319 g/mol. The highest BCUT2D eigenvalue weighted by atomic mass is 32.2. The predicted octanol–water partition coefficient (Wildman–Crippen LogP) is 1.61. The average Bonchev–Trinajstić information content (AvgIpc) is 2.37. The van der Waals surface area contributed by atoms with Crippen molar-refractivity contribution < 1.29 is 22.7 Å². The number of nitrogens with one attached hydrogen (secondary N) is 1. The Morgan fingerprint density at radius 2 is 1.81 bits per heavy atom. The minimum atomic E-state index is -3.52. The summed E-state index contributed by atoms with van der Waals surface area (Å²) in [4.78, 5) is 19.3. The van der Waals surface area contributed by atoms with Gasteiger partial charge in [-0.15, -0.1) is 0 Å². The first kappa shape index (κ1) is 16.5. The van der Waals surface area contributed by atoms with Crippen molar-refractivity contribution in [2.45, 2.75) is 0 Å². The van der Waals surface area contributed by atoms with Gasteiger partial charge in [0.1, 0.15) is 5.69 Å². The lowest BCUT2D eigenvalue weighted by Gasteiger charge is -2.07. The lowest BCUT2D eigenvalue weighted by molar-refractivity contribution is -0.395. The molecule has 114 valence electrons. The van der Waals surface area contributed by atoms with Crippen LogP contribution in [-0.2, 0) is 9.84 Å². The van der Waals surface area contributed by atoms with Crippen molar-refractivity contribution in [2.75, 3.05) is 17.6 Å². The van der Waals surface area contributed by atoms with Crippen LogP contribution in [0.4, 0.5) is 21.5 Å². The molecule has 0 unspecified atom stereocenters. The van der Waals surface area contributed by atoms with Crippen molar-refractivity contribution in [3.63, 3.8) is 0 Å². The summed E-state index contributed by atoms with van der Waals surface area (Å²) in [5, 5.41) is 24.4. The van der Waals surface area contributed by atoms with E-state index in [0.29, 0.717) is 12.1 Å². The SMILES string of the molecule is C=CS(=O)(=O)CCNc1cc(F)c([N+](=O)[O-])cc1[N+](=O)[O-]. The van der Waals surface area contributed by atoms with Gasteiger partial charge in [-0.1, -0.05) is 6.58 Å². The van der Waals surface area contributed by atoms with Crippen molar-refractivity contribution in [1.82, 2.24) is 0 Å². The first-order valence-electron chi connectivity index (χ1n) is 5.39. The predicted molar refractivity (Wildman–Crippen MR) is 72.2 cm³/mol. The van der Waals surface area contributed by atoms with E-state index < -0.39 is 42.6 Å². The van der Waals surface area contributed by atoms with Crippen molar-refractivity contribution in [3.8, 4) is 0 Å². The van der Waals surface area contributed by atoms with Gasteiger partial charge in [0.05, 0.1) is 21.7 Å². The Morgan fingerprint density at radius 3 is 2.29 bits per heavy atom. The van der Waals surface area contributed by atoms with Gasteiger partial charge in [0, 0.05) is 18.0 Å². The Labute approximate surface area is 118 Å². The number of sulfone groups is 1. The lowest BCUT2D eigenvalue weighted by Crippen LogP contribution is -2.14. The van der Waals surface area contributed by atoms with Crippen molar-refractivity contribution in [2.24, 2.45) is 0 Å². The van der Waals surface area contributed by atoms with Gasteiger partial charge in [0.15, 0.2) is 9.84 Å². The maximum atomic E-state index is 13.4. The van der Waals surface area contributed by atoms with Crippen LogP contribution in [0, 0.1) is 26.0 Å². The van der Waals surface area contributed by atoms with Crippen LogP contribution in [0.2, 0.25) is 0 Å². The number of hydrogen-bond acceptors (Lipinski definition) is 7. The fraction of sp³-hybridized carbons (Fsp3) is 0.200. The fourth-order valence-electron chi connectivity index (χ4n) is 1.39. The van der Waals surface area contributed by atoms with E-state index in [1.807, 2.05) is 0 Å². The maximum absolute atomic E-state index is 13.4. The number of nitro benzene ring substituents is 2. The molecule has 0 aliphatic heterocycles. The van der Waals surface area contributed by atoms with Crippen molar-refractivity contribution in [3.05, 3.63) is 50.2 Å². The quantitative estimate of drug-likeness (QED) is 0.596. The molecule has 0 heterocycles. The van der Waals surface area contributed by atoms with Crippen LogP contribution in [0.5, 0.6) is 0 Å². The normalized spacial score (nSPS) is 10.9. The van der Waals surface area contributed by atoms with Crippen LogP contribution in [0.15, 0.2) is 24.1 Å². The van der Waals surface area contributed by atoms with Gasteiger partial charge < -0.3 is 5.32 Å². The second-order valence-corrected chi connectivity index (χ2v) is 5.86. The van der Waals surface area contributed by atoms with Gasteiger partial charge in [-0.2, -0.15) is 4.39 Å². The van der Waals surface area contributed by atoms with Gasteiger partial charge in [0.2, 0.25) is 5.82 Å². The Kier molecular flexibility index (Phi) is 4.92. The molecule has 1 N–H and O–H groups in total. The molecule has 0 saturated heterocycles. The largest absolute Gasteiger partial charge is 0.378 e. The molecule has 11 heteroatoms. The number of hydrogen-bond donors (Lipinski definition) is 1. The second kappa shape index (κ2) is 6.26. The molecule has 0 fully saturated rings. The summed E-state index contributed by atoms with van der Waals surface area (Å²) < 4.78 is 35.8. The second-order valence-electron chi connectivity index (χ2n) is 3.80. The van der Waals surface area contributed by atoms with E-state index in [2.05, 4.69) is 11.9 Å². The molecule has 21 heavy (non-hydrogen) atoms. The summed E-state index contributed by atoms with van der Waals surface area (Å²) in [6, 6.07) is 1.05. The summed E-state index contributed by atoms with van der Waals surface area (Å²) in [6.45, 7) is 2.85. The minimum absolute atomic E-state index is 0.244. The van der Waals surface area contributed by atoms with E-state index in [4.69, 9.17) is 0 Å². The van der Waals surface area contributed by atoms with Crippen LogP contribution >= 0.6 is 0 Å². The van der Waals surface area contributed by atoms with Crippen LogP contribution < -0.4 is 5.32 Å². The third-order valence-corrected chi connectivity index (χ3v) is 3.70. The Balaban J connectivity index is 3.07. The molecule has 0 aromatic heterocycles. The zero-order valence-corrected chi connectivity index (χ0v) is 11.3. The third kappa shape index (κ3) is 4.21. The highest BCUT2D eigenvalue weighted by molar-refractivity contribution is 7.94. The molecule has 0 spiro atoms. The lowest BCUT2D eigenvalue weighted by atomic mass is 10.2. The van der Waals surface area contributed by atoms with Crippen molar-refractivity contribution in [1.29, 1.82) is 0 Å². The summed E-state index contributed by atoms with van der Waals surface area (Å²) in [5.41, 5.74) is -2.10. The Hall–Kier alpha value is -2.56. The highest BCUT2D eigenvalue weighted by Gasteiger charge is 2.24. The van der Waals surface area contributed by atoms with Gasteiger partial charge in [-0.25, -0.2) is 8.42 Å². The summed E-state index contributed by atoms with van der Waals surface area (Å²) in [7, 11) is -3.52. The summed E-state index contributed by atoms with van der Waals surface area (Å²) in [6.07, 6.45) is 0. The molecule has 0 amide bonds. The van der Waals surface area contributed by atoms with Crippen LogP contribution in [0.25, 0.3) is 0 Å². The molecule has 1 aromatic carbocycles. The standard InChI is InChI=1S/C10H10FN3O6S/c1-2-21(19,20)4-3-12-8-5-7(11)9(13(15)16)6-10(8)14(17)18/h2,5-6,12H,1,3-4H2. The molecule has 0 aliphatic carbocycles. The number of anilines is 1. The van der Waals surface area contributed by atoms with Crippen molar-refractivity contribution >= 4 is 26.9 Å². The fourth-order valence-corrected chi connectivity index (χ4v) is 1.95. The Morgan fingerprint density at radius 1 is 1.24 bits per heavy atom. The van der Waals surface area contributed by atoms with E-state index >= 15 is 0 Å². The number of benzene rings is 1. The molecule has 0 radical (unpaired) electrons.